The van der Waals surface area contributed by atoms with Crippen LogP contribution >= 0.6 is 0 Å². The molecule has 112 valence electrons. The van der Waals surface area contributed by atoms with Crippen molar-refractivity contribution in [3.05, 3.63) is 53.9 Å². The fourth-order valence-electron chi connectivity index (χ4n) is 2.14. The minimum atomic E-state index is 0.130. The Kier molecular flexibility index (Phi) is 5.58. The lowest BCUT2D eigenvalue weighted by Gasteiger charge is -2.13. The summed E-state index contributed by atoms with van der Waals surface area (Å²) in [6.45, 7) is 2.56. The molecule has 2 N–H and O–H groups in total. The Labute approximate surface area is 125 Å². The lowest BCUT2D eigenvalue weighted by atomic mass is 10.1. The van der Waals surface area contributed by atoms with E-state index in [1.165, 1.54) is 0 Å². The number of aromatic nitrogens is 1. The smallest absolute Gasteiger partial charge is 0.161 e. The van der Waals surface area contributed by atoms with Gasteiger partial charge in [0.1, 0.15) is 0 Å². The van der Waals surface area contributed by atoms with Crippen molar-refractivity contribution in [1.82, 2.24) is 4.98 Å². The van der Waals surface area contributed by atoms with Crippen LogP contribution in [0.25, 0.3) is 0 Å². The van der Waals surface area contributed by atoms with E-state index in [0.717, 1.165) is 35.6 Å². The molecular formula is C17H22N2O2. The highest BCUT2D eigenvalue weighted by molar-refractivity contribution is 5.43. The van der Waals surface area contributed by atoms with E-state index in [0.29, 0.717) is 6.61 Å². The van der Waals surface area contributed by atoms with Gasteiger partial charge in [0, 0.05) is 24.4 Å². The minimum Gasteiger partial charge on any atom is -0.493 e. The number of hydrogen-bond donors (Lipinski definition) is 1. The Morgan fingerprint density at radius 3 is 2.71 bits per heavy atom. The first kappa shape index (κ1) is 15.3. The van der Waals surface area contributed by atoms with Crippen LogP contribution in [-0.4, -0.2) is 24.7 Å². The van der Waals surface area contributed by atoms with Crippen molar-refractivity contribution in [1.29, 1.82) is 0 Å². The maximum Gasteiger partial charge on any atom is 0.161 e. The molecule has 0 bridgehead atoms. The molecule has 1 unspecified atom stereocenters. The van der Waals surface area contributed by atoms with Crippen molar-refractivity contribution in [2.75, 3.05) is 13.7 Å². The SMILES string of the molecule is COc1cc(CC(C)N)ccc1OCCc1ccccn1. The summed E-state index contributed by atoms with van der Waals surface area (Å²) in [7, 11) is 1.65. The Bertz CT molecular complexity index is 556. The third-order valence-corrected chi connectivity index (χ3v) is 3.13. The summed E-state index contributed by atoms with van der Waals surface area (Å²) in [4.78, 5) is 4.27. The van der Waals surface area contributed by atoms with E-state index < -0.39 is 0 Å². The zero-order valence-electron chi connectivity index (χ0n) is 12.6. The molecule has 0 aliphatic carbocycles. The van der Waals surface area contributed by atoms with Gasteiger partial charge in [0.05, 0.1) is 13.7 Å². The monoisotopic (exact) mass is 286 g/mol. The van der Waals surface area contributed by atoms with Crippen molar-refractivity contribution in [3.8, 4) is 11.5 Å². The van der Waals surface area contributed by atoms with Gasteiger partial charge >= 0.3 is 0 Å². The van der Waals surface area contributed by atoms with Gasteiger partial charge in [-0.1, -0.05) is 12.1 Å². The lowest BCUT2D eigenvalue weighted by Crippen LogP contribution is -2.17. The van der Waals surface area contributed by atoms with Gasteiger partial charge in [-0.05, 0) is 43.2 Å². The number of pyridine rings is 1. The van der Waals surface area contributed by atoms with E-state index in [9.17, 15) is 0 Å². The summed E-state index contributed by atoms with van der Waals surface area (Å²) in [5.74, 6) is 1.50. The molecule has 0 fully saturated rings. The molecule has 4 nitrogen and oxygen atoms in total. The Morgan fingerprint density at radius 1 is 1.19 bits per heavy atom. The van der Waals surface area contributed by atoms with Gasteiger partial charge in [-0.3, -0.25) is 4.98 Å². The standard InChI is InChI=1S/C17H22N2O2/c1-13(18)11-14-6-7-16(17(12-14)20-2)21-10-8-15-5-3-4-9-19-15/h3-7,9,12-13H,8,10-11,18H2,1-2H3. The number of nitrogens with two attached hydrogens (primary N) is 1. The van der Waals surface area contributed by atoms with Gasteiger partial charge in [0.15, 0.2) is 11.5 Å². The van der Waals surface area contributed by atoms with Gasteiger partial charge < -0.3 is 15.2 Å². The van der Waals surface area contributed by atoms with Crippen molar-refractivity contribution >= 4 is 0 Å². The van der Waals surface area contributed by atoms with Crippen LogP contribution < -0.4 is 15.2 Å². The zero-order valence-corrected chi connectivity index (χ0v) is 12.6. The summed E-state index contributed by atoms with van der Waals surface area (Å²) in [5.41, 5.74) is 7.99. The highest BCUT2D eigenvalue weighted by Crippen LogP contribution is 2.28. The van der Waals surface area contributed by atoms with Crippen molar-refractivity contribution in [2.24, 2.45) is 5.73 Å². The van der Waals surface area contributed by atoms with Gasteiger partial charge in [-0.2, -0.15) is 0 Å². The lowest BCUT2D eigenvalue weighted by molar-refractivity contribution is 0.296. The molecule has 2 rings (SSSR count). The van der Waals surface area contributed by atoms with Crippen LogP contribution in [-0.2, 0) is 12.8 Å². The largest absolute Gasteiger partial charge is 0.493 e. The first-order valence-electron chi connectivity index (χ1n) is 7.14. The molecule has 0 aliphatic heterocycles. The number of ether oxygens (including phenoxy) is 2. The highest BCUT2D eigenvalue weighted by atomic mass is 16.5. The molecule has 1 aromatic heterocycles. The van der Waals surface area contributed by atoms with Crippen LogP contribution in [0.15, 0.2) is 42.6 Å². The summed E-state index contributed by atoms with van der Waals surface area (Å²) in [5, 5.41) is 0. The van der Waals surface area contributed by atoms with Crippen LogP contribution in [0.4, 0.5) is 0 Å². The Hall–Kier alpha value is -2.07. The van der Waals surface area contributed by atoms with E-state index >= 15 is 0 Å². The number of methoxy groups -OCH3 is 1. The fraction of sp³-hybridized carbons (Fsp3) is 0.353. The number of hydrogen-bond acceptors (Lipinski definition) is 4. The van der Waals surface area contributed by atoms with Crippen LogP contribution in [0.5, 0.6) is 11.5 Å². The third-order valence-electron chi connectivity index (χ3n) is 3.13. The van der Waals surface area contributed by atoms with E-state index in [1.807, 2.05) is 43.3 Å². The second kappa shape index (κ2) is 7.64. The molecule has 2 aromatic rings. The molecule has 0 aliphatic rings. The van der Waals surface area contributed by atoms with Crippen LogP contribution in [0.2, 0.25) is 0 Å². The summed E-state index contributed by atoms with van der Waals surface area (Å²) in [6, 6.07) is 12.0. The molecule has 0 saturated heterocycles. The first-order chi connectivity index (χ1) is 10.2. The molecule has 4 heteroatoms. The van der Waals surface area contributed by atoms with Crippen molar-refractivity contribution in [2.45, 2.75) is 25.8 Å². The molecular weight excluding hydrogens is 264 g/mol. The number of nitrogens with zero attached hydrogens (tertiary/aromatic N) is 1. The van der Waals surface area contributed by atoms with E-state index in [4.69, 9.17) is 15.2 Å². The topological polar surface area (TPSA) is 57.4 Å². The zero-order chi connectivity index (χ0) is 15.1. The average molecular weight is 286 g/mol. The summed E-state index contributed by atoms with van der Waals surface area (Å²) < 4.78 is 11.2. The van der Waals surface area contributed by atoms with Crippen molar-refractivity contribution in [3.63, 3.8) is 0 Å². The minimum absolute atomic E-state index is 0.130. The molecule has 1 aromatic carbocycles. The predicted molar refractivity (Wildman–Crippen MR) is 83.8 cm³/mol. The van der Waals surface area contributed by atoms with Crippen LogP contribution in [0, 0.1) is 0 Å². The number of benzene rings is 1. The fourth-order valence-corrected chi connectivity index (χ4v) is 2.14. The Morgan fingerprint density at radius 2 is 2.05 bits per heavy atom. The maximum atomic E-state index is 5.82. The highest BCUT2D eigenvalue weighted by Gasteiger charge is 2.07. The predicted octanol–water partition coefficient (Wildman–Crippen LogP) is 2.60. The van der Waals surface area contributed by atoms with E-state index in [2.05, 4.69) is 4.98 Å². The second-order valence-corrected chi connectivity index (χ2v) is 5.09. The molecule has 21 heavy (non-hydrogen) atoms. The van der Waals surface area contributed by atoms with E-state index in [-0.39, 0.29) is 6.04 Å². The second-order valence-electron chi connectivity index (χ2n) is 5.09. The van der Waals surface area contributed by atoms with Gasteiger partial charge in [0.25, 0.3) is 0 Å². The van der Waals surface area contributed by atoms with Crippen molar-refractivity contribution < 1.29 is 9.47 Å². The van der Waals surface area contributed by atoms with Crippen LogP contribution in [0.3, 0.4) is 0 Å². The maximum absolute atomic E-state index is 5.82. The van der Waals surface area contributed by atoms with Gasteiger partial charge in [0.2, 0.25) is 0 Å². The van der Waals surface area contributed by atoms with Gasteiger partial charge in [-0.25, -0.2) is 0 Å². The molecule has 1 atom stereocenters. The molecule has 0 saturated carbocycles. The number of rotatable bonds is 7. The summed E-state index contributed by atoms with van der Waals surface area (Å²) in [6.07, 6.45) is 3.38. The first-order valence-corrected chi connectivity index (χ1v) is 7.14. The Balaban J connectivity index is 1.96. The molecule has 0 spiro atoms. The third kappa shape index (κ3) is 4.76. The van der Waals surface area contributed by atoms with Crippen LogP contribution in [0.1, 0.15) is 18.2 Å². The normalized spacial score (nSPS) is 12.0. The van der Waals surface area contributed by atoms with Gasteiger partial charge in [-0.15, -0.1) is 0 Å². The summed E-state index contributed by atoms with van der Waals surface area (Å²) >= 11 is 0. The molecule has 1 heterocycles. The van der Waals surface area contributed by atoms with E-state index in [1.54, 1.807) is 13.3 Å². The average Bonchev–Trinajstić information content (AvgIpc) is 2.49. The quantitative estimate of drug-likeness (QED) is 0.850. The molecule has 0 amide bonds. The molecule has 0 radical (unpaired) electrons.